The smallest absolute Gasteiger partial charge is 0.0718 e. The SMILES string of the molecule is CCN(CCC(C)(C)C#N)CC(C)(C)O. The van der Waals surface area contributed by atoms with Crippen LogP contribution in [0.25, 0.3) is 0 Å². The zero-order valence-electron chi connectivity index (χ0n) is 10.7. The highest BCUT2D eigenvalue weighted by Crippen LogP contribution is 2.19. The van der Waals surface area contributed by atoms with E-state index in [0.29, 0.717) is 6.54 Å². The third kappa shape index (κ3) is 7.35. The van der Waals surface area contributed by atoms with Gasteiger partial charge in [-0.1, -0.05) is 6.92 Å². The van der Waals surface area contributed by atoms with Gasteiger partial charge in [0.1, 0.15) is 0 Å². The van der Waals surface area contributed by atoms with Crippen LogP contribution in [0.15, 0.2) is 0 Å². The molecular weight excluding hydrogens is 188 g/mol. The van der Waals surface area contributed by atoms with Crippen LogP contribution >= 0.6 is 0 Å². The molecule has 0 spiro atoms. The second-order valence-corrected chi connectivity index (χ2v) is 5.43. The predicted molar refractivity (Wildman–Crippen MR) is 62.4 cm³/mol. The summed E-state index contributed by atoms with van der Waals surface area (Å²) in [4.78, 5) is 2.18. The van der Waals surface area contributed by atoms with Gasteiger partial charge in [-0.25, -0.2) is 0 Å². The molecule has 0 aliphatic carbocycles. The zero-order valence-corrected chi connectivity index (χ0v) is 10.7. The first-order valence-electron chi connectivity index (χ1n) is 5.56. The Balaban J connectivity index is 4.09. The average molecular weight is 212 g/mol. The summed E-state index contributed by atoms with van der Waals surface area (Å²) >= 11 is 0. The Labute approximate surface area is 93.7 Å². The van der Waals surface area contributed by atoms with Gasteiger partial charge in [-0.2, -0.15) is 5.26 Å². The van der Waals surface area contributed by atoms with Crippen LogP contribution < -0.4 is 0 Å². The predicted octanol–water partition coefficient (Wildman–Crippen LogP) is 2.02. The lowest BCUT2D eigenvalue weighted by Gasteiger charge is -2.29. The highest BCUT2D eigenvalue weighted by molar-refractivity contribution is 4.92. The first kappa shape index (κ1) is 14.4. The number of rotatable bonds is 6. The normalized spacial score (nSPS) is 12.9. The van der Waals surface area contributed by atoms with Gasteiger partial charge in [0.2, 0.25) is 0 Å². The van der Waals surface area contributed by atoms with E-state index in [1.165, 1.54) is 0 Å². The molecule has 0 aromatic rings. The van der Waals surface area contributed by atoms with Gasteiger partial charge in [0, 0.05) is 6.54 Å². The van der Waals surface area contributed by atoms with Crippen LogP contribution in [-0.2, 0) is 0 Å². The summed E-state index contributed by atoms with van der Waals surface area (Å²) in [6, 6.07) is 2.29. The van der Waals surface area contributed by atoms with Crippen LogP contribution in [0.3, 0.4) is 0 Å². The summed E-state index contributed by atoms with van der Waals surface area (Å²) in [5.74, 6) is 0. The molecule has 0 bridgehead atoms. The van der Waals surface area contributed by atoms with Crippen molar-refractivity contribution in [2.75, 3.05) is 19.6 Å². The van der Waals surface area contributed by atoms with Gasteiger partial charge in [-0.3, -0.25) is 0 Å². The van der Waals surface area contributed by atoms with E-state index >= 15 is 0 Å². The molecule has 0 saturated heterocycles. The van der Waals surface area contributed by atoms with Crippen LogP contribution in [0.5, 0.6) is 0 Å². The van der Waals surface area contributed by atoms with E-state index in [-0.39, 0.29) is 5.41 Å². The van der Waals surface area contributed by atoms with Crippen molar-refractivity contribution in [3.63, 3.8) is 0 Å². The van der Waals surface area contributed by atoms with E-state index < -0.39 is 5.60 Å². The molecule has 0 aliphatic rings. The van der Waals surface area contributed by atoms with Crippen LogP contribution in [0, 0.1) is 16.7 Å². The standard InChI is InChI=1S/C12H24N2O/c1-6-14(10-12(4,5)15)8-7-11(2,3)9-13/h15H,6-8,10H2,1-5H3. The van der Waals surface area contributed by atoms with Gasteiger partial charge in [-0.05, 0) is 47.2 Å². The lowest BCUT2D eigenvalue weighted by Crippen LogP contribution is -2.39. The highest BCUT2D eigenvalue weighted by atomic mass is 16.3. The van der Waals surface area contributed by atoms with Crippen molar-refractivity contribution in [2.45, 2.75) is 46.6 Å². The quantitative estimate of drug-likeness (QED) is 0.732. The summed E-state index contributed by atoms with van der Waals surface area (Å²) in [6.45, 7) is 12.0. The molecule has 0 aromatic carbocycles. The summed E-state index contributed by atoms with van der Waals surface area (Å²) < 4.78 is 0. The maximum Gasteiger partial charge on any atom is 0.0718 e. The molecule has 15 heavy (non-hydrogen) atoms. The molecule has 3 heteroatoms. The lowest BCUT2D eigenvalue weighted by atomic mass is 9.91. The van der Waals surface area contributed by atoms with Crippen molar-refractivity contribution in [1.82, 2.24) is 4.90 Å². The fraction of sp³-hybridized carbons (Fsp3) is 0.917. The van der Waals surface area contributed by atoms with Crippen LogP contribution in [0.2, 0.25) is 0 Å². The average Bonchev–Trinajstić information content (AvgIpc) is 2.10. The number of nitrogens with zero attached hydrogens (tertiary/aromatic N) is 2. The molecule has 1 N–H and O–H groups in total. The molecule has 0 amide bonds. The van der Waals surface area contributed by atoms with Crippen molar-refractivity contribution in [1.29, 1.82) is 5.26 Å². The Morgan fingerprint density at radius 1 is 1.27 bits per heavy atom. The molecule has 0 fully saturated rings. The van der Waals surface area contributed by atoms with Gasteiger partial charge >= 0.3 is 0 Å². The molecule has 0 radical (unpaired) electrons. The van der Waals surface area contributed by atoms with E-state index in [1.807, 2.05) is 27.7 Å². The second kappa shape index (κ2) is 5.48. The number of aliphatic hydroxyl groups is 1. The first-order chi connectivity index (χ1) is 6.70. The lowest BCUT2D eigenvalue weighted by molar-refractivity contribution is 0.0355. The minimum absolute atomic E-state index is 0.271. The second-order valence-electron chi connectivity index (χ2n) is 5.43. The maximum absolute atomic E-state index is 9.70. The van der Waals surface area contributed by atoms with E-state index in [0.717, 1.165) is 19.5 Å². The fourth-order valence-electron chi connectivity index (χ4n) is 1.39. The van der Waals surface area contributed by atoms with Crippen LogP contribution in [-0.4, -0.2) is 35.2 Å². The first-order valence-corrected chi connectivity index (χ1v) is 5.56. The van der Waals surface area contributed by atoms with E-state index in [9.17, 15) is 5.11 Å². The monoisotopic (exact) mass is 212 g/mol. The van der Waals surface area contributed by atoms with E-state index in [2.05, 4.69) is 17.9 Å². The fourth-order valence-corrected chi connectivity index (χ4v) is 1.39. The van der Waals surface area contributed by atoms with Gasteiger partial charge in [0.25, 0.3) is 0 Å². The Bertz CT molecular complexity index is 223. The zero-order chi connectivity index (χ0) is 12.1. The largest absolute Gasteiger partial charge is 0.389 e. The van der Waals surface area contributed by atoms with Crippen molar-refractivity contribution < 1.29 is 5.11 Å². The molecule has 0 atom stereocenters. The van der Waals surface area contributed by atoms with E-state index in [4.69, 9.17) is 5.26 Å². The maximum atomic E-state index is 9.70. The third-order valence-electron chi connectivity index (χ3n) is 2.41. The topological polar surface area (TPSA) is 47.3 Å². The molecule has 0 unspecified atom stereocenters. The van der Waals surface area contributed by atoms with Crippen LogP contribution in [0.1, 0.15) is 41.0 Å². The highest BCUT2D eigenvalue weighted by Gasteiger charge is 2.21. The molecular formula is C12H24N2O. The molecule has 0 aromatic heterocycles. The van der Waals surface area contributed by atoms with Gasteiger partial charge in [-0.15, -0.1) is 0 Å². The van der Waals surface area contributed by atoms with Crippen molar-refractivity contribution in [3.8, 4) is 6.07 Å². The molecule has 0 rings (SSSR count). The van der Waals surface area contributed by atoms with Gasteiger partial charge in [0.15, 0.2) is 0 Å². The molecule has 88 valence electrons. The Kier molecular flexibility index (Phi) is 5.27. The Hall–Kier alpha value is -0.590. The van der Waals surface area contributed by atoms with Gasteiger partial charge < -0.3 is 10.0 Å². The molecule has 0 aliphatic heterocycles. The number of likely N-dealkylation sites (N-methyl/N-ethyl adjacent to an activating group) is 1. The molecule has 0 heterocycles. The van der Waals surface area contributed by atoms with E-state index in [1.54, 1.807) is 0 Å². The Morgan fingerprint density at radius 3 is 2.13 bits per heavy atom. The number of nitriles is 1. The van der Waals surface area contributed by atoms with Crippen molar-refractivity contribution >= 4 is 0 Å². The summed E-state index contributed by atoms with van der Waals surface area (Å²) in [5.41, 5.74) is -0.931. The molecule has 0 saturated carbocycles. The summed E-state index contributed by atoms with van der Waals surface area (Å²) in [7, 11) is 0. The van der Waals surface area contributed by atoms with Crippen LogP contribution in [0.4, 0.5) is 0 Å². The third-order valence-corrected chi connectivity index (χ3v) is 2.41. The summed E-state index contributed by atoms with van der Waals surface area (Å²) in [5, 5.41) is 18.6. The van der Waals surface area contributed by atoms with Gasteiger partial charge in [0.05, 0.1) is 17.1 Å². The van der Waals surface area contributed by atoms with Crippen molar-refractivity contribution in [2.24, 2.45) is 5.41 Å². The molecule has 3 nitrogen and oxygen atoms in total. The Morgan fingerprint density at radius 2 is 1.80 bits per heavy atom. The van der Waals surface area contributed by atoms with Crippen molar-refractivity contribution in [3.05, 3.63) is 0 Å². The number of hydrogen-bond acceptors (Lipinski definition) is 3. The minimum atomic E-state index is -0.660. The number of hydrogen-bond donors (Lipinski definition) is 1. The minimum Gasteiger partial charge on any atom is -0.389 e. The summed E-state index contributed by atoms with van der Waals surface area (Å²) in [6.07, 6.45) is 0.841.